The van der Waals surface area contributed by atoms with Crippen molar-refractivity contribution >= 4 is 32.0 Å². The minimum atomic E-state index is -4.17. The standard InChI is InChI=1S/C18H18BrF2N3O3S/c19-14-3-1-2-13(10-14)12-22-18(25)23-6-8-24(9-7-23)28(26,27)17-11-15(20)4-5-16(17)21/h1-5,10-11H,6-9,12H2,(H,22,25). The van der Waals surface area contributed by atoms with Crippen LogP contribution in [0.1, 0.15) is 5.56 Å². The van der Waals surface area contributed by atoms with Crippen molar-refractivity contribution in [2.45, 2.75) is 11.4 Å². The second-order valence-electron chi connectivity index (χ2n) is 6.25. The van der Waals surface area contributed by atoms with Crippen molar-refractivity contribution in [1.82, 2.24) is 14.5 Å². The van der Waals surface area contributed by atoms with Crippen molar-refractivity contribution in [2.75, 3.05) is 26.2 Å². The van der Waals surface area contributed by atoms with Crippen molar-refractivity contribution in [2.24, 2.45) is 0 Å². The van der Waals surface area contributed by atoms with Crippen molar-refractivity contribution in [3.8, 4) is 0 Å². The Kier molecular flexibility index (Phi) is 6.31. The quantitative estimate of drug-likeness (QED) is 0.741. The minimum absolute atomic E-state index is 0.00257. The number of hydrogen-bond acceptors (Lipinski definition) is 3. The summed E-state index contributed by atoms with van der Waals surface area (Å²) in [5.74, 6) is -1.83. The van der Waals surface area contributed by atoms with Gasteiger partial charge in [-0.15, -0.1) is 0 Å². The van der Waals surface area contributed by atoms with Gasteiger partial charge in [0, 0.05) is 37.2 Å². The molecule has 3 rings (SSSR count). The molecule has 0 atom stereocenters. The fraction of sp³-hybridized carbons (Fsp3) is 0.278. The molecular weight excluding hydrogens is 456 g/mol. The van der Waals surface area contributed by atoms with Crippen LogP contribution in [0.15, 0.2) is 51.8 Å². The zero-order valence-electron chi connectivity index (χ0n) is 14.7. The summed E-state index contributed by atoms with van der Waals surface area (Å²) in [5.41, 5.74) is 0.922. The molecule has 2 amide bonds. The Bertz CT molecular complexity index is 980. The van der Waals surface area contributed by atoms with Gasteiger partial charge in [0.15, 0.2) is 0 Å². The predicted molar refractivity (Wildman–Crippen MR) is 103 cm³/mol. The first-order valence-corrected chi connectivity index (χ1v) is 10.7. The van der Waals surface area contributed by atoms with Crippen LogP contribution in [-0.2, 0) is 16.6 Å². The van der Waals surface area contributed by atoms with Gasteiger partial charge in [-0.2, -0.15) is 4.31 Å². The van der Waals surface area contributed by atoms with Crippen LogP contribution in [-0.4, -0.2) is 49.8 Å². The highest BCUT2D eigenvalue weighted by Crippen LogP contribution is 2.21. The van der Waals surface area contributed by atoms with Gasteiger partial charge in [-0.3, -0.25) is 0 Å². The van der Waals surface area contributed by atoms with Gasteiger partial charge in [-0.1, -0.05) is 28.1 Å². The van der Waals surface area contributed by atoms with E-state index in [0.717, 1.165) is 26.5 Å². The molecule has 0 spiro atoms. The molecule has 150 valence electrons. The van der Waals surface area contributed by atoms with Gasteiger partial charge >= 0.3 is 6.03 Å². The predicted octanol–water partition coefficient (Wildman–Crippen LogP) is 2.94. The minimum Gasteiger partial charge on any atom is -0.334 e. The molecule has 0 aliphatic carbocycles. The third-order valence-corrected chi connectivity index (χ3v) is 6.78. The van der Waals surface area contributed by atoms with E-state index in [-0.39, 0.29) is 32.2 Å². The molecule has 0 aromatic heterocycles. The van der Waals surface area contributed by atoms with Gasteiger partial charge in [0.05, 0.1) is 0 Å². The molecule has 6 nitrogen and oxygen atoms in total. The van der Waals surface area contributed by atoms with E-state index in [2.05, 4.69) is 21.2 Å². The Labute approximate surface area is 170 Å². The molecule has 10 heteroatoms. The van der Waals surface area contributed by atoms with E-state index in [1.54, 1.807) is 0 Å². The first-order chi connectivity index (χ1) is 13.3. The van der Waals surface area contributed by atoms with Crippen LogP contribution in [0, 0.1) is 11.6 Å². The monoisotopic (exact) mass is 473 g/mol. The lowest BCUT2D eigenvalue weighted by molar-refractivity contribution is 0.172. The zero-order valence-corrected chi connectivity index (χ0v) is 17.1. The number of hydrogen-bond donors (Lipinski definition) is 1. The van der Waals surface area contributed by atoms with Gasteiger partial charge < -0.3 is 10.2 Å². The number of piperazine rings is 1. The lowest BCUT2D eigenvalue weighted by Gasteiger charge is -2.34. The molecule has 0 unspecified atom stereocenters. The molecule has 1 aliphatic heterocycles. The Hall–Kier alpha value is -2.04. The van der Waals surface area contributed by atoms with Gasteiger partial charge in [0.25, 0.3) is 0 Å². The number of amides is 2. The molecule has 0 saturated carbocycles. The van der Waals surface area contributed by atoms with E-state index in [1.165, 1.54) is 4.90 Å². The normalized spacial score (nSPS) is 15.5. The highest BCUT2D eigenvalue weighted by atomic mass is 79.9. The molecule has 1 heterocycles. The maximum absolute atomic E-state index is 13.9. The number of benzene rings is 2. The maximum atomic E-state index is 13.9. The van der Waals surface area contributed by atoms with E-state index in [4.69, 9.17) is 0 Å². The summed E-state index contributed by atoms with van der Waals surface area (Å²) in [4.78, 5) is 13.1. The molecular formula is C18H18BrF2N3O3S. The van der Waals surface area contributed by atoms with Crippen LogP contribution in [0.3, 0.4) is 0 Å². The molecule has 1 N–H and O–H groups in total. The summed E-state index contributed by atoms with van der Waals surface area (Å²) in [6.07, 6.45) is 0. The van der Waals surface area contributed by atoms with Crippen molar-refractivity contribution in [3.63, 3.8) is 0 Å². The summed E-state index contributed by atoms with van der Waals surface area (Å²) < 4.78 is 54.3. The van der Waals surface area contributed by atoms with Crippen molar-refractivity contribution < 1.29 is 22.0 Å². The molecule has 1 fully saturated rings. The number of nitrogens with zero attached hydrogens (tertiary/aromatic N) is 2. The number of urea groups is 1. The number of halogens is 3. The Balaban J connectivity index is 1.59. The van der Waals surface area contributed by atoms with Gasteiger partial charge in [-0.05, 0) is 35.9 Å². The number of carbonyl (C=O) groups excluding carboxylic acids is 1. The van der Waals surface area contributed by atoms with Gasteiger partial charge in [0.1, 0.15) is 16.5 Å². The van der Waals surface area contributed by atoms with Crippen molar-refractivity contribution in [3.05, 3.63) is 64.1 Å². The lowest BCUT2D eigenvalue weighted by atomic mass is 10.2. The van der Waals surface area contributed by atoms with E-state index < -0.39 is 26.6 Å². The molecule has 1 saturated heterocycles. The highest BCUT2D eigenvalue weighted by molar-refractivity contribution is 9.10. The lowest BCUT2D eigenvalue weighted by Crippen LogP contribution is -2.53. The van der Waals surface area contributed by atoms with Crippen LogP contribution in [0.5, 0.6) is 0 Å². The summed E-state index contributed by atoms with van der Waals surface area (Å²) in [6.45, 7) is 0.650. The summed E-state index contributed by atoms with van der Waals surface area (Å²) in [7, 11) is -4.17. The van der Waals surface area contributed by atoms with Crippen molar-refractivity contribution in [1.29, 1.82) is 0 Å². The third-order valence-electron chi connectivity index (χ3n) is 4.37. The molecule has 1 aliphatic rings. The molecule has 2 aromatic rings. The van der Waals surface area contributed by atoms with E-state index in [0.29, 0.717) is 12.6 Å². The van der Waals surface area contributed by atoms with E-state index in [1.807, 2.05) is 24.3 Å². The summed E-state index contributed by atoms with van der Waals surface area (Å²) in [6, 6.07) is 9.51. The second kappa shape index (κ2) is 8.54. The van der Waals surface area contributed by atoms with Crippen LogP contribution in [0.4, 0.5) is 13.6 Å². The summed E-state index contributed by atoms with van der Waals surface area (Å²) >= 11 is 3.36. The SMILES string of the molecule is O=C(NCc1cccc(Br)c1)N1CCN(S(=O)(=O)c2cc(F)ccc2F)CC1. The van der Waals surface area contributed by atoms with E-state index in [9.17, 15) is 22.0 Å². The summed E-state index contributed by atoms with van der Waals surface area (Å²) in [5, 5.41) is 2.79. The first-order valence-electron chi connectivity index (χ1n) is 8.50. The van der Waals surface area contributed by atoms with Gasteiger partial charge in [-0.25, -0.2) is 22.0 Å². The maximum Gasteiger partial charge on any atom is 0.317 e. The molecule has 0 bridgehead atoms. The Morgan fingerprint density at radius 1 is 1.07 bits per heavy atom. The smallest absolute Gasteiger partial charge is 0.317 e. The van der Waals surface area contributed by atoms with Crippen LogP contribution >= 0.6 is 15.9 Å². The zero-order chi connectivity index (χ0) is 20.3. The number of sulfonamides is 1. The molecule has 28 heavy (non-hydrogen) atoms. The average molecular weight is 474 g/mol. The van der Waals surface area contributed by atoms with E-state index >= 15 is 0 Å². The number of nitrogens with one attached hydrogen (secondary N) is 1. The molecule has 0 radical (unpaired) electrons. The third kappa shape index (κ3) is 4.68. The molecule has 2 aromatic carbocycles. The number of rotatable bonds is 4. The Morgan fingerprint density at radius 2 is 1.79 bits per heavy atom. The Morgan fingerprint density at radius 3 is 2.46 bits per heavy atom. The topological polar surface area (TPSA) is 69.7 Å². The fourth-order valence-electron chi connectivity index (χ4n) is 2.88. The van der Waals surface area contributed by atoms with Crippen LogP contribution < -0.4 is 5.32 Å². The van der Waals surface area contributed by atoms with Crippen LogP contribution in [0.25, 0.3) is 0 Å². The largest absolute Gasteiger partial charge is 0.334 e. The average Bonchev–Trinajstić information content (AvgIpc) is 2.68. The van der Waals surface area contributed by atoms with Crippen LogP contribution in [0.2, 0.25) is 0 Å². The highest BCUT2D eigenvalue weighted by Gasteiger charge is 2.32. The first kappa shape index (κ1) is 20.7. The second-order valence-corrected chi connectivity index (χ2v) is 9.08. The van der Waals surface area contributed by atoms with Gasteiger partial charge in [0.2, 0.25) is 10.0 Å². The number of carbonyl (C=O) groups is 1. The fourth-order valence-corrected chi connectivity index (χ4v) is 4.83.